The first kappa shape index (κ1) is 21.1. The number of sulfonamides is 1. The van der Waals surface area contributed by atoms with E-state index in [1.807, 2.05) is 0 Å². The zero-order chi connectivity index (χ0) is 20.3. The van der Waals surface area contributed by atoms with Crippen molar-refractivity contribution >= 4 is 43.5 Å². The lowest BCUT2D eigenvalue weighted by molar-refractivity contribution is 0.0772. The summed E-state index contributed by atoms with van der Waals surface area (Å²) in [6, 6.07) is 11.4. The van der Waals surface area contributed by atoms with Gasteiger partial charge < -0.3 is 9.64 Å². The molecule has 0 radical (unpaired) electrons. The largest absolute Gasteiger partial charge is 0.492 e. The number of amides is 1. The van der Waals surface area contributed by atoms with Crippen molar-refractivity contribution in [3.05, 3.63) is 57.5 Å². The summed E-state index contributed by atoms with van der Waals surface area (Å²) < 4.78 is 33.6. The van der Waals surface area contributed by atoms with Crippen molar-refractivity contribution in [1.29, 1.82) is 0 Å². The molecule has 0 heterocycles. The average molecular weight is 488 g/mol. The molecule has 2 aromatic carbocycles. The molecule has 0 bridgehead atoms. The van der Waals surface area contributed by atoms with Crippen LogP contribution in [0.15, 0.2) is 51.8 Å². The van der Waals surface area contributed by atoms with Gasteiger partial charge in [-0.1, -0.05) is 11.6 Å². The number of ether oxygens (including phenoxy) is 1. The van der Waals surface area contributed by atoms with Gasteiger partial charge in [0.2, 0.25) is 10.0 Å². The first-order valence-corrected chi connectivity index (χ1v) is 11.4. The van der Waals surface area contributed by atoms with Crippen LogP contribution >= 0.6 is 27.5 Å². The van der Waals surface area contributed by atoms with Gasteiger partial charge >= 0.3 is 0 Å². The molecular weight excluding hydrogens is 468 g/mol. The van der Waals surface area contributed by atoms with Crippen LogP contribution in [0.4, 0.5) is 0 Å². The Bertz CT molecular complexity index is 962. The number of hydrogen-bond donors (Lipinski definition) is 1. The summed E-state index contributed by atoms with van der Waals surface area (Å²) in [5.41, 5.74) is 0.285. The van der Waals surface area contributed by atoms with Gasteiger partial charge in [-0.15, -0.1) is 0 Å². The molecule has 1 N–H and O–H groups in total. The molecule has 0 unspecified atom stereocenters. The molecule has 0 aromatic heterocycles. The Balaban J connectivity index is 1.65. The second-order valence-corrected chi connectivity index (χ2v) is 9.57. The highest BCUT2D eigenvalue weighted by molar-refractivity contribution is 9.10. The summed E-state index contributed by atoms with van der Waals surface area (Å²) in [5, 5.41) is 0.621. The van der Waals surface area contributed by atoms with E-state index < -0.39 is 10.0 Å². The van der Waals surface area contributed by atoms with Crippen molar-refractivity contribution < 1.29 is 17.9 Å². The fourth-order valence-corrected chi connectivity index (χ4v) is 4.34. The number of nitrogens with one attached hydrogen (secondary N) is 1. The van der Waals surface area contributed by atoms with E-state index in [1.165, 1.54) is 17.0 Å². The molecule has 9 heteroatoms. The van der Waals surface area contributed by atoms with Gasteiger partial charge in [0.1, 0.15) is 12.4 Å². The molecule has 1 amide bonds. The van der Waals surface area contributed by atoms with E-state index >= 15 is 0 Å². The van der Waals surface area contributed by atoms with Crippen molar-refractivity contribution in [2.45, 2.75) is 23.8 Å². The average Bonchev–Trinajstić information content (AvgIpc) is 3.46. The quantitative estimate of drug-likeness (QED) is 0.616. The predicted octanol–water partition coefficient (Wildman–Crippen LogP) is 3.69. The van der Waals surface area contributed by atoms with Crippen molar-refractivity contribution in [3.8, 4) is 5.75 Å². The zero-order valence-corrected chi connectivity index (χ0v) is 18.4. The van der Waals surface area contributed by atoms with E-state index in [4.69, 9.17) is 16.3 Å². The molecule has 1 fully saturated rings. The highest BCUT2D eigenvalue weighted by Crippen LogP contribution is 2.25. The molecular formula is C19H20BrClN2O4S. The van der Waals surface area contributed by atoms with E-state index in [9.17, 15) is 13.2 Å². The molecule has 28 heavy (non-hydrogen) atoms. The van der Waals surface area contributed by atoms with Crippen LogP contribution in [-0.4, -0.2) is 45.5 Å². The Kier molecular flexibility index (Phi) is 6.65. The van der Waals surface area contributed by atoms with Gasteiger partial charge in [-0.2, -0.15) is 0 Å². The minimum atomic E-state index is -3.63. The van der Waals surface area contributed by atoms with Crippen molar-refractivity contribution in [2.24, 2.45) is 0 Å². The minimum absolute atomic E-state index is 0.000452. The van der Waals surface area contributed by atoms with Gasteiger partial charge in [-0.25, -0.2) is 13.1 Å². The number of hydrogen-bond acceptors (Lipinski definition) is 4. The Morgan fingerprint density at radius 3 is 2.57 bits per heavy atom. The molecule has 0 spiro atoms. The molecule has 6 nitrogen and oxygen atoms in total. The number of likely N-dealkylation sites (N-methyl/N-ethyl adjacent to an activating group) is 1. The van der Waals surface area contributed by atoms with Gasteiger partial charge in [0.05, 0.1) is 17.0 Å². The summed E-state index contributed by atoms with van der Waals surface area (Å²) in [4.78, 5) is 14.3. The first-order valence-electron chi connectivity index (χ1n) is 8.72. The highest BCUT2D eigenvalue weighted by Gasteiger charge is 2.29. The predicted molar refractivity (Wildman–Crippen MR) is 111 cm³/mol. The van der Waals surface area contributed by atoms with Crippen LogP contribution < -0.4 is 9.46 Å². The van der Waals surface area contributed by atoms with Gasteiger partial charge in [0.25, 0.3) is 5.91 Å². The van der Waals surface area contributed by atoms with Gasteiger partial charge in [0.15, 0.2) is 0 Å². The number of nitrogens with zero attached hydrogens (tertiary/aromatic N) is 1. The van der Waals surface area contributed by atoms with E-state index in [2.05, 4.69) is 20.7 Å². The number of carbonyl (C=O) groups is 1. The van der Waals surface area contributed by atoms with Crippen molar-refractivity contribution in [1.82, 2.24) is 9.62 Å². The molecule has 2 aromatic rings. The van der Waals surface area contributed by atoms with Crippen LogP contribution in [0.25, 0.3) is 0 Å². The normalized spacial score (nSPS) is 14.0. The fourth-order valence-electron chi connectivity index (χ4n) is 2.46. The molecule has 150 valence electrons. The molecule has 3 rings (SSSR count). The molecule has 0 atom stereocenters. The Morgan fingerprint density at radius 1 is 1.25 bits per heavy atom. The summed E-state index contributed by atoms with van der Waals surface area (Å²) >= 11 is 9.17. The van der Waals surface area contributed by atoms with Gasteiger partial charge in [-0.3, -0.25) is 4.79 Å². The highest BCUT2D eigenvalue weighted by atomic mass is 79.9. The summed E-state index contributed by atoms with van der Waals surface area (Å²) in [5.74, 6) is 0.362. The SMILES string of the molecule is CN(CCOc1ccc(Cl)cc1)C(=O)c1cc(S(=O)(=O)NC2CC2)ccc1Br. The third-order valence-corrected chi connectivity index (χ3v) is 6.70. The van der Waals surface area contributed by atoms with Crippen LogP contribution in [0.1, 0.15) is 23.2 Å². The topological polar surface area (TPSA) is 75.7 Å². The van der Waals surface area contributed by atoms with Gasteiger partial charge in [-0.05, 0) is 71.2 Å². The molecule has 0 aliphatic heterocycles. The van der Waals surface area contributed by atoms with E-state index in [-0.39, 0.29) is 22.4 Å². The van der Waals surface area contributed by atoms with Crippen LogP contribution in [-0.2, 0) is 10.0 Å². The number of rotatable bonds is 8. The summed E-state index contributed by atoms with van der Waals surface area (Å²) in [6.45, 7) is 0.633. The Labute approximate surface area is 178 Å². The maximum Gasteiger partial charge on any atom is 0.254 e. The van der Waals surface area contributed by atoms with E-state index in [0.29, 0.717) is 28.4 Å². The second-order valence-electron chi connectivity index (χ2n) is 6.57. The zero-order valence-electron chi connectivity index (χ0n) is 15.2. The number of halogens is 2. The van der Waals surface area contributed by atoms with Crippen LogP contribution in [0.2, 0.25) is 5.02 Å². The third-order valence-electron chi connectivity index (χ3n) is 4.23. The Morgan fingerprint density at radius 2 is 1.93 bits per heavy atom. The lowest BCUT2D eigenvalue weighted by Crippen LogP contribution is -2.31. The van der Waals surface area contributed by atoms with Crippen molar-refractivity contribution in [2.75, 3.05) is 20.2 Å². The monoisotopic (exact) mass is 486 g/mol. The maximum atomic E-state index is 12.8. The number of benzene rings is 2. The number of carbonyl (C=O) groups excluding carboxylic acids is 1. The van der Waals surface area contributed by atoms with Crippen LogP contribution in [0, 0.1) is 0 Å². The van der Waals surface area contributed by atoms with E-state index in [1.54, 1.807) is 37.4 Å². The standard InChI is InChI=1S/C19H20BrClN2O4S/c1-23(10-11-27-15-6-2-13(21)3-7-15)19(24)17-12-16(8-9-18(17)20)28(25,26)22-14-4-5-14/h2-3,6-9,12,14,22H,4-5,10-11H2,1H3. The Hall–Kier alpha value is -1.61. The molecule has 1 aliphatic rings. The molecule has 1 aliphatic carbocycles. The van der Waals surface area contributed by atoms with Crippen LogP contribution in [0.5, 0.6) is 5.75 Å². The fraction of sp³-hybridized carbons (Fsp3) is 0.316. The second kappa shape index (κ2) is 8.82. The smallest absolute Gasteiger partial charge is 0.254 e. The lowest BCUT2D eigenvalue weighted by atomic mass is 10.2. The molecule has 1 saturated carbocycles. The maximum absolute atomic E-state index is 12.8. The van der Waals surface area contributed by atoms with Crippen LogP contribution in [0.3, 0.4) is 0 Å². The van der Waals surface area contributed by atoms with Gasteiger partial charge in [0, 0.05) is 22.6 Å². The van der Waals surface area contributed by atoms with E-state index in [0.717, 1.165) is 12.8 Å². The van der Waals surface area contributed by atoms with Crippen molar-refractivity contribution in [3.63, 3.8) is 0 Å². The lowest BCUT2D eigenvalue weighted by Gasteiger charge is -2.19. The first-order chi connectivity index (χ1) is 13.3. The minimum Gasteiger partial charge on any atom is -0.492 e. The summed E-state index contributed by atoms with van der Waals surface area (Å²) in [7, 11) is -1.99. The molecule has 0 saturated heterocycles. The summed E-state index contributed by atoms with van der Waals surface area (Å²) in [6.07, 6.45) is 1.69. The third kappa shape index (κ3) is 5.47.